The number of methoxy groups -OCH3 is 2. The van der Waals surface area contributed by atoms with Crippen LogP contribution in [0.25, 0.3) is 0 Å². The first-order chi connectivity index (χ1) is 12.8. The number of amides is 1. The molecule has 0 spiro atoms. The van der Waals surface area contributed by atoms with E-state index in [1.807, 2.05) is 0 Å². The molecule has 1 fully saturated rings. The zero-order valence-corrected chi connectivity index (χ0v) is 16.8. The summed E-state index contributed by atoms with van der Waals surface area (Å²) in [5.74, 6) is 0.672. The smallest absolute Gasteiger partial charge is 0.255 e. The van der Waals surface area contributed by atoms with Crippen molar-refractivity contribution in [1.82, 2.24) is 9.73 Å². The van der Waals surface area contributed by atoms with Crippen LogP contribution >= 0.6 is 0 Å². The summed E-state index contributed by atoms with van der Waals surface area (Å²) in [6, 6.07) is 5.10. The SMILES string of the molecule is COc1ccc(/C=N/NC(=O)CN(C2CCCCC2)S(C)(=O)=O)cc1OC. The molecule has 1 aromatic rings. The van der Waals surface area contributed by atoms with Gasteiger partial charge < -0.3 is 9.47 Å². The van der Waals surface area contributed by atoms with Crippen LogP contribution in [0.15, 0.2) is 23.3 Å². The van der Waals surface area contributed by atoms with Crippen LogP contribution in [0.2, 0.25) is 0 Å². The molecular weight excluding hydrogens is 370 g/mol. The van der Waals surface area contributed by atoms with Crippen molar-refractivity contribution in [2.24, 2.45) is 5.10 Å². The number of sulfonamides is 1. The van der Waals surface area contributed by atoms with Crippen LogP contribution in [-0.2, 0) is 14.8 Å². The number of ether oxygens (including phenoxy) is 2. The third-order valence-corrected chi connectivity index (χ3v) is 5.80. The molecule has 1 aliphatic carbocycles. The van der Waals surface area contributed by atoms with Gasteiger partial charge in [0, 0.05) is 6.04 Å². The number of carbonyl (C=O) groups is 1. The third kappa shape index (κ3) is 6.21. The Hall–Kier alpha value is -2.13. The second kappa shape index (κ2) is 9.70. The molecule has 9 heteroatoms. The summed E-state index contributed by atoms with van der Waals surface area (Å²) in [5.41, 5.74) is 3.10. The summed E-state index contributed by atoms with van der Waals surface area (Å²) in [6.45, 7) is -0.229. The fourth-order valence-corrected chi connectivity index (χ4v) is 4.28. The Balaban J connectivity index is 1.98. The average molecular weight is 397 g/mol. The standard InChI is InChI=1S/C18H27N3O5S/c1-25-16-10-9-14(11-17(16)26-2)12-19-20-18(22)13-21(27(3,23)24)15-7-5-4-6-8-15/h9-12,15H,4-8,13H2,1-3H3,(H,20,22)/b19-12+. The molecule has 1 aliphatic rings. The van der Waals surface area contributed by atoms with Crippen molar-refractivity contribution >= 4 is 22.1 Å². The highest BCUT2D eigenvalue weighted by Gasteiger charge is 2.29. The third-order valence-electron chi connectivity index (χ3n) is 4.52. The molecule has 0 aromatic heterocycles. The van der Waals surface area contributed by atoms with Crippen LogP contribution in [0.5, 0.6) is 11.5 Å². The minimum Gasteiger partial charge on any atom is -0.493 e. The van der Waals surface area contributed by atoms with Gasteiger partial charge in [0.15, 0.2) is 11.5 Å². The molecule has 8 nitrogen and oxygen atoms in total. The highest BCUT2D eigenvalue weighted by molar-refractivity contribution is 7.88. The lowest BCUT2D eigenvalue weighted by Gasteiger charge is -2.31. The molecule has 0 atom stereocenters. The van der Waals surface area contributed by atoms with Crippen molar-refractivity contribution in [2.75, 3.05) is 27.0 Å². The molecule has 1 N–H and O–H groups in total. The highest BCUT2D eigenvalue weighted by Crippen LogP contribution is 2.27. The number of carbonyl (C=O) groups excluding carboxylic acids is 1. The van der Waals surface area contributed by atoms with Gasteiger partial charge in [-0.2, -0.15) is 9.41 Å². The molecule has 150 valence electrons. The fourth-order valence-electron chi connectivity index (χ4n) is 3.17. The van der Waals surface area contributed by atoms with Crippen molar-refractivity contribution in [3.05, 3.63) is 23.8 Å². The second-order valence-electron chi connectivity index (χ2n) is 6.51. The van der Waals surface area contributed by atoms with Crippen molar-refractivity contribution in [1.29, 1.82) is 0 Å². The zero-order valence-electron chi connectivity index (χ0n) is 16.0. The van der Waals surface area contributed by atoms with E-state index < -0.39 is 15.9 Å². The molecule has 0 bridgehead atoms. The van der Waals surface area contributed by atoms with E-state index in [4.69, 9.17) is 9.47 Å². The van der Waals surface area contributed by atoms with Gasteiger partial charge >= 0.3 is 0 Å². The van der Waals surface area contributed by atoms with E-state index in [0.717, 1.165) is 38.4 Å². The number of hydrazone groups is 1. The maximum absolute atomic E-state index is 12.2. The Kier molecular flexibility index (Phi) is 7.61. The van der Waals surface area contributed by atoms with Gasteiger partial charge in [-0.25, -0.2) is 13.8 Å². The van der Waals surface area contributed by atoms with Gasteiger partial charge in [0.25, 0.3) is 5.91 Å². The van der Waals surface area contributed by atoms with Crippen molar-refractivity contribution < 1.29 is 22.7 Å². The highest BCUT2D eigenvalue weighted by atomic mass is 32.2. The van der Waals surface area contributed by atoms with Crippen LogP contribution in [0.4, 0.5) is 0 Å². The number of nitrogens with zero attached hydrogens (tertiary/aromatic N) is 2. The Morgan fingerprint density at radius 3 is 2.48 bits per heavy atom. The Labute approximate surface area is 160 Å². The fraction of sp³-hybridized carbons (Fsp3) is 0.556. The van der Waals surface area contributed by atoms with Gasteiger partial charge in [0.05, 0.1) is 33.2 Å². The monoisotopic (exact) mass is 397 g/mol. The molecular formula is C18H27N3O5S. The number of nitrogens with one attached hydrogen (secondary N) is 1. The van der Waals surface area contributed by atoms with E-state index in [9.17, 15) is 13.2 Å². The second-order valence-corrected chi connectivity index (χ2v) is 8.44. The summed E-state index contributed by atoms with van der Waals surface area (Å²) in [6.07, 6.45) is 7.25. The molecule has 0 radical (unpaired) electrons. The zero-order chi connectivity index (χ0) is 19.9. The average Bonchev–Trinajstić information content (AvgIpc) is 2.65. The maximum Gasteiger partial charge on any atom is 0.255 e. The molecule has 1 saturated carbocycles. The molecule has 27 heavy (non-hydrogen) atoms. The Morgan fingerprint density at radius 1 is 1.22 bits per heavy atom. The lowest BCUT2D eigenvalue weighted by atomic mass is 9.95. The topological polar surface area (TPSA) is 97.3 Å². The van der Waals surface area contributed by atoms with Crippen LogP contribution < -0.4 is 14.9 Å². The Bertz CT molecular complexity index is 773. The van der Waals surface area contributed by atoms with E-state index in [1.54, 1.807) is 25.3 Å². The summed E-state index contributed by atoms with van der Waals surface area (Å²) in [5, 5.41) is 3.91. The number of hydrogen-bond acceptors (Lipinski definition) is 6. The van der Waals surface area contributed by atoms with E-state index in [0.29, 0.717) is 17.1 Å². The largest absolute Gasteiger partial charge is 0.493 e. The van der Waals surface area contributed by atoms with Gasteiger partial charge in [-0.15, -0.1) is 0 Å². The first kappa shape index (κ1) is 21.2. The first-order valence-electron chi connectivity index (χ1n) is 8.86. The van der Waals surface area contributed by atoms with Crippen LogP contribution in [-0.4, -0.2) is 57.9 Å². The van der Waals surface area contributed by atoms with Gasteiger partial charge in [0.2, 0.25) is 10.0 Å². The van der Waals surface area contributed by atoms with E-state index >= 15 is 0 Å². The predicted octanol–water partition coefficient (Wildman–Crippen LogP) is 1.75. The lowest BCUT2D eigenvalue weighted by molar-refractivity contribution is -0.121. The van der Waals surface area contributed by atoms with E-state index in [1.165, 1.54) is 17.6 Å². The normalized spacial score (nSPS) is 15.9. The molecule has 1 amide bonds. The van der Waals surface area contributed by atoms with Crippen LogP contribution in [0.3, 0.4) is 0 Å². The minimum absolute atomic E-state index is 0.116. The molecule has 0 aliphatic heterocycles. The summed E-state index contributed by atoms with van der Waals surface area (Å²) < 4.78 is 35.8. The molecule has 2 rings (SSSR count). The first-order valence-corrected chi connectivity index (χ1v) is 10.7. The number of rotatable bonds is 8. The van der Waals surface area contributed by atoms with Crippen molar-refractivity contribution in [3.63, 3.8) is 0 Å². The number of hydrogen-bond donors (Lipinski definition) is 1. The van der Waals surface area contributed by atoms with Crippen LogP contribution in [0.1, 0.15) is 37.7 Å². The number of benzene rings is 1. The quantitative estimate of drug-likeness (QED) is 0.532. The summed E-state index contributed by atoms with van der Waals surface area (Å²) >= 11 is 0. The Morgan fingerprint density at radius 2 is 1.89 bits per heavy atom. The van der Waals surface area contributed by atoms with E-state index in [2.05, 4.69) is 10.5 Å². The molecule has 1 aromatic carbocycles. The van der Waals surface area contributed by atoms with Crippen LogP contribution in [0, 0.1) is 0 Å². The maximum atomic E-state index is 12.2. The van der Waals surface area contributed by atoms with Gasteiger partial charge in [-0.3, -0.25) is 4.79 Å². The van der Waals surface area contributed by atoms with Crippen molar-refractivity contribution in [2.45, 2.75) is 38.1 Å². The molecule has 0 saturated heterocycles. The van der Waals surface area contributed by atoms with Gasteiger partial charge in [-0.05, 0) is 36.6 Å². The lowest BCUT2D eigenvalue weighted by Crippen LogP contribution is -2.45. The molecule has 0 unspecified atom stereocenters. The van der Waals surface area contributed by atoms with Gasteiger partial charge in [-0.1, -0.05) is 19.3 Å². The minimum atomic E-state index is -3.46. The molecule has 0 heterocycles. The van der Waals surface area contributed by atoms with E-state index in [-0.39, 0.29) is 12.6 Å². The van der Waals surface area contributed by atoms with Gasteiger partial charge in [0.1, 0.15) is 0 Å². The van der Waals surface area contributed by atoms with Crippen molar-refractivity contribution in [3.8, 4) is 11.5 Å². The summed E-state index contributed by atoms with van der Waals surface area (Å²) in [4.78, 5) is 12.2. The predicted molar refractivity (Wildman–Crippen MR) is 104 cm³/mol. The summed E-state index contributed by atoms with van der Waals surface area (Å²) in [7, 11) is -0.383.